The van der Waals surface area contributed by atoms with Crippen LogP contribution in [0.3, 0.4) is 0 Å². The predicted octanol–water partition coefficient (Wildman–Crippen LogP) is 2.83. The van der Waals surface area contributed by atoms with E-state index in [1.807, 2.05) is 13.8 Å². The van der Waals surface area contributed by atoms with Crippen LogP contribution in [0.4, 0.5) is 5.13 Å². The molecule has 1 aromatic heterocycles. The summed E-state index contributed by atoms with van der Waals surface area (Å²) in [5.41, 5.74) is 0.349. The van der Waals surface area contributed by atoms with Gasteiger partial charge in [-0.3, -0.25) is 14.9 Å². The van der Waals surface area contributed by atoms with Gasteiger partial charge in [-0.15, -0.1) is 10.2 Å². The fourth-order valence-corrected chi connectivity index (χ4v) is 3.58. The number of anilines is 1. The van der Waals surface area contributed by atoms with E-state index in [-0.39, 0.29) is 17.7 Å². The van der Waals surface area contributed by atoms with Gasteiger partial charge in [0.1, 0.15) is 22.5 Å². The first-order chi connectivity index (χ1) is 13.4. The first-order valence-corrected chi connectivity index (χ1v) is 9.91. The lowest BCUT2D eigenvalue weighted by molar-refractivity contribution is -0.118. The van der Waals surface area contributed by atoms with Crippen molar-refractivity contribution in [2.45, 2.75) is 38.6 Å². The van der Waals surface area contributed by atoms with Crippen LogP contribution in [0.2, 0.25) is 0 Å². The predicted molar refractivity (Wildman–Crippen MR) is 106 cm³/mol. The summed E-state index contributed by atoms with van der Waals surface area (Å²) in [7, 11) is 3.03. The van der Waals surface area contributed by atoms with Crippen LogP contribution in [0.1, 0.15) is 48.0 Å². The molecule has 0 aliphatic heterocycles. The van der Waals surface area contributed by atoms with Crippen molar-refractivity contribution in [3.8, 4) is 11.5 Å². The standard InChI is InChI=1S/C19H24N4O4S/c1-10(2)15(17(25)21-19-23-22-18(28-19)11-5-6-11)20-16(24)12-7-13(26-3)9-14(8-12)27-4/h7-11,15H,5-6H2,1-4H3,(H,20,24)(H,21,23,25)/t15-/m0/s1. The van der Waals surface area contributed by atoms with Crippen LogP contribution in [0.5, 0.6) is 11.5 Å². The molecule has 1 saturated carbocycles. The average Bonchev–Trinajstić information content (AvgIpc) is 3.44. The van der Waals surface area contributed by atoms with E-state index in [1.54, 1.807) is 18.2 Å². The highest BCUT2D eigenvalue weighted by Gasteiger charge is 2.29. The molecule has 0 unspecified atom stereocenters. The summed E-state index contributed by atoms with van der Waals surface area (Å²) < 4.78 is 10.4. The fraction of sp³-hybridized carbons (Fsp3) is 0.474. The van der Waals surface area contributed by atoms with E-state index in [0.29, 0.717) is 28.1 Å². The van der Waals surface area contributed by atoms with Crippen LogP contribution >= 0.6 is 11.3 Å². The molecule has 0 bridgehead atoms. The second-order valence-electron chi connectivity index (χ2n) is 7.01. The highest BCUT2D eigenvalue weighted by molar-refractivity contribution is 7.15. The molecule has 1 aliphatic carbocycles. The number of nitrogens with zero attached hydrogens (tertiary/aromatic N) is 2. The highest BCUT2D eigenvalue weighted by atomic mass is 32.1. The average molecular weight is 404 g/mol. The lowest BCUT2D eigenvalue weighted by atomic mass is 10.0. The third-order valence-corrected chi connectivity index (χ3v) is 5.45. The van der Waals surface area contributed by atoms with Gasteiger partial charge in [0, 0.05) is 17.5 Å². The first kappa shape index (κ1) is 20.1. The maximum absolute atomic E-state index is 12.7. The Labute approximate surface area is 167 Å². The molecule has 0 spiro atoms. The molecule has 150 valence electrons. The quantitative estimate of drug-likeness (QED) is 0.701. The smallest absolute Gasteiger partial charge is 0.252 e. The SMILES string of the molecule is COc1cc(OC)cc(C(=O)N[C@H](C(=O)Nc2nnc(C3CC3)s2)C(C)C)c1. The number of nitrogens with one attached hydrogen (secondary N) is 2. The molecular weight excluding hydrogens is 380 g/mol. The van der Waals surface area contributed by atoms with E-state index >= 15 is 0 Å². The normalized spacial score (nSPS) is 14.5. The van der Waals surface area contributed by atoms with E-state index in [2.05, 4.69) is 20.8 Å². The molecule has 2 amide bonds. The zero-order valence-corrected chi connectivity index (χ0v) is 17.1. The minimum Gasteiger partial charge on any atom is -0.497 e. The van der Waals surface area contributed by atoms with E-state index in [9.17, 15) is 9.59 Å². The van der Waals surface area contributed by atoms with Gasteiger partial charge in [0.15, 0.2) is 0 Å². The summed E-state index contributed by atoms with van der Waals surface area (Å²) in [6, 6.07) is 4.15. The molecular formula is C19H24N4O4S. The van der Waals surface area contributed by atoms with Crippen LogP contribution in [-0.2, 0) is 4.79 Å². The first-order valence-electron chi connectivity index (χ1n) is 9.09. The molecule has 28 heavy (non-hydrogen) atoms. The zero-order valence-electron chi connectivity index (χ0n) is 16.3. The van der Waals surface area contributed by atoms with Gasteiger partial charge in [-0.25, -0.2) is 0 Å². The number of amides is 2. The number of ether oxygens (including phenoxy) is 2. The Bertz CT molecular complexity index is 841. The van der Waals surface area contributed by atoms with Crippen molar-refractivity contribution in [3.05, 3.63) is 28.8 Å². The van der Waals surface area contributed by atoms with Crippen LogP contribution in [0.15, 0.2) is 18.2 Å². The Balaban J connectivity index is 1.70. The number of aromatic nitrogens is 2. The van der Waals surface area contributed by atoms with E-state index in [0.717, 1.165) is 17.8 Å². The molecule has 1 heterocycles. The monoisotopic (exact) mass is 404 g/mol. The van der Waals surface area contributed by atoms with Gasteiger partial charge in [0.25, 0.3) is 5.91 Å². The minimum absolute atomic E-state index is 0.118. The Morgan fingerprint density at radius 3 is 2.29 bits per heavy atom. The third-order valence-electron chi connectivity index (χ3n) is 4.45. The van der Waals surface area contributed by atoms with Crippen LogP contribution in [-0.4, -0.2) is 42.3 Å². The molecule has 1 atom stereocenters. The number of hydrogen-bond acceptors (Lipinski definition) is 7. The highest BCUT2D eigenvalue weighted by Crippen LogP contribution is 2.42. The topological polar surface area (TPSA) is 102 Å². The lowest BCUT2D eigenvalue weighted by Gasteiger charge is -2.21. The Kier molecular flexibility index (Phi) is 6.13. The fourth-order valence-electron chi connectivity index (χ4n) is 2.66. The van der Waals surface area contributed by atoms with E-state index in [4.69, 9.17) is 9.47 Å². The second kappa shape index (κ2) is 8.55. The molecule has 2 N–H and O–H groups in total. The molecule has 2 aromatic rings. The van der Waals surface area contributed by atoms with Crippen molar-refractivity contribution in [2.24, 2.45) is 5.92 Å². The maximum atomic E-state index is 12.7. The molecule has 3 rings (SSSR count). The Morgan fingerprint density at radius 1 is 1.11 bits per heavy atom. The van der Waals surface area contributed by atoms with Crippen molar-refractivity contribution in [3.63, 3.8) is 0 Å². The van der Waals surface area contributed by atoms with Gasteiger partial charge in [0.2, 0.25) is 11.0 Å². The molecule has 0 saturated heterocycles. The molecule has 8 nitrogen and oxygen atoms in total. The van der Waals surface area contributed by atoms with Crippen LogP contribution in [0, 0.1) is 5.92 Å². The summed E-state index contributed by atoms with van der Waals surface area (Å²) in [5, 5.41) is 15.1. The lowest BCUT2D eigenvalue weighted by Crippen LogP contribution is -2.47. The van der Waals surface area contributed by atoms with Gasteiger partial charge in [-0.1, -0.05) is 25.2 Å². The summed E-state index contributed by atoms with van der Waals surface area (Å²) in [4.78, 5) is 25.5. The largest absolute Gasteiger partial charge is 0.497 e. The summed E-state index contributed by atoms with van der Waals surface area (Å²) in [6.07, 6.45) is 2.24. The second-order valence-corrected chi connectivity index (χ2v) is 8.01. The van der Waals surface area contributed by atoms with E-state index < -0.39 is 6.04 Å². The molecule has 0 radical (unpaired) electrons. The minimum atomic E-state index is -0.724. The van der Waals surface area contributed by atoms with Gasteiger partial charge in [-0.05, 0) is 30.9 Å². The summed E-state index contributed by atoms with van der Waals surface area (Å²) >= 11 is 1.39. The maximum Gasteiger partial charge on any atom is 0.252 e. The van der Waals surface area contributed by atoms with Crippen LogP contribution in [0.25, 0.3) is 0 Å². The van der Waals surface area contributed by atoms with Crippen molar-refractivity contribution in [1.29, 1.82) is 0 Å². The number of carbonyl (C=O) groups excluding carboxylic acids is 2. The summed E-state index contributed by atoms with van der Waals surface area (Å²) in [6.45, 7) is 3.73. The van der Waals surface area contributed by atoms with Crippen LogP contribution < -0.4 is 20.1 Å². The number of rotatable bonds is 8. The molecule has 1 fully saturated rings. The zero-order chi connectivity index (χ0) is 20.3. The van der Waals surface area contributed by atoms with E-state index in [1.165, 1.54) is 25.6 Å². The van der Waals surface area contributed by atoms with Crippen molar-refractivity contribution < 1.29 is 19.1 Å². The van der Waals surface area contributed by atoms with Crippen molar-refractivity contribution in [2.75, 3.05) is 19.5 Å². The van der Waals surface area contributed by atoms with Gasteiger partial charge >= 0.3 is 0 Å². The molecule has 1 aromatic carbocycles. The number of benzene rings is 1. The number of hydrogen-bond donors (Lipinski definition) is 2. The van der Waals surface area contributed by atoms with Crippen molar-refractivity contribution in [1.82, 2.24) is 15.5 Å². The third kappa shape index (κ3) is 4.78. The van der Waals surface area contributed by atoms with Gasteiger partial charge < -0.3 is 14.8 Å². The van der Waals surface area contributed by atoms with Crippen molar-refractivity contribution >= 4 is 28.3 Å². The number of carbonyl (C=O) groups is 2. The summed E-state index contributed by atoms with van der Waals surface area (Å²) in [5.74, 6) is 0.644. The van der Waals surface area contributed by atoms with Gasteiger partial charge in [-0.2, -0.15) is 0 Å². The molecule has 9 heteroatoms. The van der Waals surface area contributed by atoms with Gasteiger partial charge in [0.05, 0.1) is 14.2 Å². The Hall–Kier alpha value is -2.68. The Morgan fingerprint density at radius 2 is 1.75 bits per heavy atom. The molecule has 1 aliphatic rings. The number of methoxy groups -OCH3 is 2.